The number of ketones is 1. The number of rotatable bonds is 4. The van der Waals surface area contributed by atoms with Gasteiger partial charge < -0.3 is 4.74 Å². The molecule has 0 spiro atoms. The van der Waals surface area contributed by atoms with E-state index in [9.17, 15) is 4.79 Å². The molecule has 3 nitrogen and oxygen atoms in total. The summed E-state index contributed by atoms with van der Waals surface area (Å²) in [5.74, 6) is 0.714. The summed E-state index contributed by atoms with van der Waals surface area (Å²) in [6, 6.07) is 11.1. The van der Waals surface area contributed by atoms with Crippen LogP contribution in [0.1, 0.15) is 36.7 Å². The van der Waals surface area contributed by atoms with Gasteiger partial charge in [0, 0.05) is 23.5 Å². The summed E-state index contributed by atoms with van der Waals surface area (Å²) in [4.78, 5) is 15.5. The highest BCUT2D eigenvalue weighted by Gasteiger charge is 2.22. The summed E-state index contributed by atoms with van der Waals surface area (Å²) < 4.78 is 5.99. The lowest BCUT2D eigenvalue weighted by Gasteiger charge is -2.26. The van der Waals surface area contributed by atoms with Gasteiger partial charge in [-0.05, 0) is 39.0 Å². The molecule has 0 saturated heterocycles. The van der Waals surface area contributed by atoms with Crippen LogP contribution in [0.5, 0.6) is 5.75 Å². The van der Waals surface area contributed by atoms with Gasteiger partial charge in [0.05, 0.1) is 0 Å². The van der Waals surface area contributed by atoms with E-state index in [2.05, 4.69) is 4.98 Å². The SMILES string of the molecule is CC(=O)c1cccc(OC(C)(C)c2cccnc2)c1. The molecule has 0 fully saturated rings. The Hall–Kier alpha value is -2.16. The van der Waals surface area contributed by atoms with E-state index in [4.69, 9.17) is 4.74 Å². The molecular formula is C16H17NO2. The van der Waals surface area contributed by atoms with Gasteiger partial charge in [-0.3, -0.25) is 9.78 Å². The molecule has 19 heavy (non-hydrogen) atoms. The fraction of sp³-hybridized carbons (Fsp3) is 0.250. The van der Waals surface area contributed by atoms with Gasteiger partial charge in [-0.15, -0.1) is 0 Å². The van der Waals surface area contributed by atoms with Crippen LogP contribution >= 0.6 is 0 Å². The van der Waals surface area contributed by atoms with Crippen LogP contribution in [0.4, 0.5) is 0 Å². The van der Waals surface area contributed by atoms with Gasteiger partial charge in [-0.25, -0.2) is 0 Å². The van der Waals surface area contributed by atoms with Crippen LogP contribution in [0.2, 0.25) is 0 Å². The molecule has 0 N–H and O–H groups in total. The Morgan fingerprint density at radius 1 is 1.21 bits per heavy atom. The van der Waals surface area contributed by atoms with Crippen molar-refractivity contribution in [2.45, 2.75) is 26.4 Å². The predicted octanol–water partition coefficient (Wildman–Crippen LogP) is 3.60. The number of nitrogens with zero attached hydrogens (tertiary/aromatic N) is 1. The fourth-order valence-electron chi connectivity index (χ4n) is 1.85. The lowest BCUT2D eigenvalue weighted by Crippen LogP contribution is -2.25. The minimum atomic E-state index is -0.496. The molecule has 3 heteroatoms. The highest BCUT2D eigenvalue weighted by Crippen LogP contribution is 2.27. The molecule has 0 radical (unpaired) electrons. The Morgan fingerprint density at radius 3 is 2.63 bits per heavy atom. The van der Waals surface area contributed by atoms with E-state index in [1.165, 1.54) is 0 Å². The molecule has 2 aromatic rings. The number of hydrogen-bond donors (Lipinski definition) is 0. The lowest BCUT2D eigenvalue weighted by atomic mass is 10.00. The van der Waals surface area contributed by atoms with Crippen LogP contribution < -0.4 is 4.74 Å². The lowest BCUT2D eigenvalue weighted by molar-refractivity contribution is 0.100. The Morgan fingerprint density at radius 2 is 2.00 bits per heavy atom. The van der Waals surface area contributed by atoms with E-state index in [-0.39, 0.29) is 5.78 Å². The topological polar surface area (TPSA) is 39.2 Å². The van der Waals surface area contributed by atoms with Crippen molar-refractivity contribution >= 4 is 5.78 Å². The van der Waals surface area contributed by atoms with E-state index < -0.39 is 5.60 Å². The molecule has 1 aromatic carbocycles. The Labute approximate surface area is 113 Å². The summed E-state index contributed by atoms with van der Waals surface area (Å²) in [5.41, 5.74) is 1.15. The van der Waals surface area contributed by atoms with Crippen molar-refractivity contribution in [1.82, 2.24) is 4.98 Å². The summed E-state index contributed by atoms with van der Waals surface area (Å²) >= 11 is 0. The van der Waals surface area contributed by atoms with Gasteiger partial charge in [-0.1, -0.05) is 18.2 Å². The van der Waals surface area contributed by atoms with Crippen molar-refractivity contribution in [3.63, 3.8) is 0 Å². The summed E-state index contributed by atoms with van der Waals surface area (Å²) in [6.45, 7) is 5.50. The first-order chi connectivity index (χ1) is 8.99. The number of benzene rings is 1. The van der Waals surface area contributed by atoms with Crippen LogP contribution in [-0.2, 0) is 5.60 Å². The van der Waals surface area contributed by atoms with Crippen LogP contribution in [0, 0.1) is 0 Å². The molecule has 0 aliphatic heterocycles. The third-order valence-corrected chi connectivity index (χ3v) is 2.97. The minimum Gasteiger partial charge on any atom is -0.483 e. The largest absolute Gasteiger partial charge is 0.483 e. The molecule has 0 atom stereocenters. The third kappa shape index (κ3) is 3.19. The van der Waals surface area contributed by atoms with E-state index in [0.717, 1.165) is 5.56 Å². The molecule has 0 amide bonds. The molecule has 2 rings (SSSR count). The van der Waals surface area contributed by atoms with Gasteiger partial charge >= 0.3 is 0 Å². The molecule has 98 valence electrons. The molecule has 1 heterocycles. The number of hydrogen-bond acceptors (Lipinski definition) is 3. The van der Waals surface area contributed by atoms with Crippen LogP contribution in [-0.4, -0.2) is 10.8 Å². The summed E-state index contributed by atoms with van der Waals surface area (Å²) in [5, 5.41) is 0. The zero-order chi connectivity index (χ0) is 13.9. The van der Waals surface area contributed by atoms with Crippen molar-refractivity contribution in [2.75, 3.05) is 0 Å². The van der Waals surface area contributed by atoms with Gasteiger partial charge in [0.15, 0.2) is 5.78 Å². The molecule has 0 aliphatic carbocycles. The Kier molecular flexibility index (Phi) is 3.65. The fourth-order valence-corrected chi connectivity index (χ4v) is 1.85. The third-order valence-electron chi connectivity index (χ3n) is 2.97. The van der Waals surface area contributed by atoms with Crippen molar-refractivity contribution in [2.24, 2.45) is 0 Å². The van der Waals surface area contributed by atoms with E-state index >= 15 is 0 Å². The molecule has 0 bridgehead atoms. The number of pyridine rings is 1. The minimum absolute atomic E-state index is 0.0321. The van der Waals surface area contributed by atoms with Crippen molar-refractivity contribution in [3.8, 4) is 5.75 Å². The van der Waals surface area contributed by atoms with Crippen LogP contribution in [0.25, 0.3) is 0 Å². The average molecular weight is 255 g/mol. The quantitative estimate of drug-likeness (QED) is 0.784. The summed E-state index contributed by atoms with van der Waals surface area (Å²) in [7, 11) is 0. The smallest absolute Gasteiger partial charge is 0.159 e. The highest BCUT2D eigenvalue weighted by atomic mass is 16.5. The first-order valence-electron chi connectivity index (χ1n) is 6.19. The van der Waals surface area contributed by atoms with Gasteiger partial charge in [0.1, 0.15) is 11.4 Å². The molecule has 0 saturated carbocycles. The van der Waals surface area contributed by atoms with E-state index in [0.29, 0.717) is 11.3 Å². The normalized spacial score (nSPS) is 11.1. The predicted molar refractivity (Wildman–Crippen MR) is 74.3 cm³/mol. The molecule has 1 aromatic heterocycles. The maximum absolute atomic E-state index is 11.4. The van der Waals surface area contributed by atoms with Crippen molar-refractivity contribution < 1.29 is 9.53 Å². The second kappa shape index (κ2) is 5.22. The second-order valence-electron chi connectivity index (χ2n) is 4.94. The van der Waals surface area contributed by atoms with E-state index in [1.54, 1.807) is 31.5 Å². The first kappa shape index (κ1) is 13.3. The first-order valence-corrected chi connectivity index (χ1v) is 6.19. The summed E-state index contributed by atoms with van der Waals surface area (Å²) in [6.07, 6.45) is 3.52. The molecule has 0 unspecified atom stereocenters. The van der Waals surface area contributed by atoms with Gasteiger partial charge in [-0.2, -0.15) is 0 Å². The maximum Gasteiger partial charge on any atom is 0.159 e. The number of carbonyl (C=O) groups is 1. The Balaban J connectivity index is 2.25. The number of carbonyl (C=O) groups excluding carboxylic acids is 1. The zero-order valence-corrected chi connectivity index (χ0v) is 11.4. The number of aromatic nitrogens is 1. The maximum atomic E-state index is 11.4. The van der Waals surface area contributed by atoms with Crippen molar-refractivity contribution in [3.05, 3.63) is 59.9 Å². The number of ether oxygens (including phenoxy) is 1. The van der Waals surface area contributed by atoms with Crippen LogP contribution in [0.3, 0.4) is 0 Å². The zero-order valence-electron chi connectivity index (χ0n) is 11.4. The van der Waals surface area contributed by atoms with Gasteiger partial charge in [0.25, 0.3) is 0 Å². The number of Topliss-reactive ketones (excluding diaryl/α,β-unsaturated/α-hetero) is 1. The van der Waals surface area contributed by atoms with Crippen LogP contribution in [0.15, 0.2) is 48.8 Å². The standard InChI is InChI=1S/C16H17NO2/c1-12(18)13-6-4-8-15(10-13)19-16(2,3)14-7-5-9-17-11-14/h4-11H,1-3H3. The molecule has 0 aliphatic rings. The highest BCUT2D eigenvalue weighted by molar-refractivity contribution is 5.94. The average Bonchev–Trinajstić information content (AvgIpc) is 2.39. The van der Waals surface area contributed by atoms with Crippen molar-refractivity contribution in [1.29, 1.82) is 0 Å². The molecular weight excluding hydrogens is 238 g/mol. The second-order valence-corrected chi connectivity index (χ2v) is 4.94. The van der Waals surface area contributed by atoms with Gasteiger partial charge in [0.2, 0.25) is 0 Å². The van der Waals surface area contributed by atoms with E-state index in [1.807, 2.05) is 38.1 Å². The Bertz CT molecular complexity index is 576. The monoisotopic (exact) mass is 255 g/mol.